The SMILES string of the molecule is CC(C)(C)OC(=O)N1CC2CC(C(=O)O)CC2C1.Cl. The van der Waals surface area contributed by atoms with Crippen LogP contribution in [0.4, 0.5) is 4.79 Å². The Morgan fingerprint density at radius 2 is 1.63 bits per heavy atom. The maximum atomic E-state index is 11.9. The van der Waals surface area contributed by atoms with E-state index in [1.807, 2.05) is 20.8 Å². The van der Waals surface area contributed by atoms with Crippen LogP contribution in [-0.2, 0) is 9.53 Å². The van der Waals surface area contributed by atoms with Crippen molar-refractivity contribution in [1.82, 2.24) is 4.90 Å². The zero-order valence-corrected chi connectivity index (χ0v) is 12.4. The third-order valence-corrected chi connectivity index (χ3v) is 3.75. The van der Waals surface area contributed by atoms with E-state index in [0.29, 0.717) is 37.8 Å². The number of rotatable bonds is 1. The third kappa shape index (κ3) is 3.75. The summed E-state index contributed by atoms with van der Waals surface area (Å²) in [5, 5.41) is 8.99. The molecule has 1 aliphatic heterocycles. The normalized spacial score (nSPS) is 29.6. The van der Waals surface area contributed by atoms with Crippen LogP contribution < -0.4 is 0 Å². The molecule has 0 bridgehead atoms. The fourth-order valence-electron chi connectivity index (χ4n) is 2.98. The molecular formula is C13H22ClNO4. The maximum Gasteiger partial charge on any atom is 0.410 e. The smallest absolute Gasteiger partial charge is 0.410 e. The highest BCUT2D eigenvalue weighted by Crippen LogP contribution is 2.41. The molecule has 1 amide bonds. The van der Waals surface area contributed by atoms with Gasteiger partial charge in [-0.3, -0.25) is 4.79 Å². The van der Waals surface area contributed by atoms with Gasteiger partial charge in [0.25, 0.3) is 0 Å². The van der Waals surface area contributed by atoms with Crippen LogP contribution in [-0.4, -0.2) is 40.8 Å². The molecule has 1 heterocycles. The summed E-state index contributed by atoms with van der Waals surface area (Å²) in [7, 11) is 0. The summed E-state index contributed by atoms with van der Waals surface area (Å²) < 4.78 is 5.33. The molecule has 110 valence electrons. The minimum absolute atomic E-state index is 0. The van der Waals surface area contributed by atoms with Crippen LogP contribution in [0.5, 0.6) is 0 Å². The summed E-state index contributed by atoms with van der Waals surface area (Å²) in [5.74, 6) is -0.258. The molecular weight excluding hydrogens is 270 g/mol. The number of carbonyl (C=O) groups excluding carboxylic acids is 1. The van der Waals surface area contributed by atoms with E-state index in [-0.39, 0.29) is 24.4 Å². The van der Waals surface area contributed by atoms with E-state index in [2.05, 4.69) is 0 Å². The van der Waals surface area contributed by atoms with E-state index in [0.717, 1.165) is 0 Å². The number of fused-ring (bicyclic) bond motifs is 1. The van der Waals surface area contributed by atoms with E-state index < -0.39 is 11.6 Å². The van der Waals surface area contributed by atoms with Crippen molar-refractivity contribution in [3.8, 4) is 0 Å². The molecule has 6 heteroatoms. The van der Waals surface area contributed by atoms with Gasteiger partial charge in [-0.25, -0.2) is 4.79 Å². The van der Waals surface area contributed by atoms with Crippen molar-refractivity contribution in [2.75, 3.05) is 13.1 Å². The van der Waals surface area contributed by atoms with Gasteiger partial charge in [0.2, 0.25) is 0 Å². The average molecular weight is 292 g/mol. The third-order valence-electron chi connectivity index (χ3n) is 3.75. The standard InChI is InChI=1S/C13H21NO4.ClH/c1-13(2,3)18-12(17)14-6-9-4-8(11(15)16)5-10(9)7-14;/h8-10H,4-7H2,1-3H3,(H,15,16);1H. The quantitative estimate of drug-likeness (QED) is 0.805. The van der Waals surface area contributed by atoms with Crippen molar-refractivity contribution in [2.45, 2.75) is 39.2 Å². The molecule has 1 saturated heterocycles. The number of nitrogens with zero attached hydrogens (tertiary/aromatic N) is 1. The van der Waals surface area contributed by atoms with Gasteiger partial charge in [0, 0.05) is 13.1 Å². The number of likely N-dealkylation sites (tertiary alicyclic amines) is 1. The second kappa shape index (κ2) is 5.57. The Labute approximate surface area is 119 Å². The van der Waals surface area contributed by atoms with Crippen molar-refractivity contribution in [3.63, 3.8) is 0 Å². The molecule has 2 unspecified atom stereocenters. The van der Waals surface area contributed by atoms with Crippen molar-refractivity contribution in [1.29, 1.82) is 0 Å². The number of carboxylic acid groups (broad SMARTS) is 1. The summed E-state index contributed by atoms with van der Waals surface area (Å²) in [4.78, 5) is 24.5. The van der Waals surface area contributed by atoms with Gasteiger partial charge in [-0.2, -0.15) is 0 Å². The van der Waals surface area contributed by atoms with Crippen molar-refractivity contribution < 1.29 is 19.4 Å². The molecule has 2 aliphatic rings. The first-order valence-corrected chi connectivity index (χ1v) is 6.47. The maximum absolute atomic E-state index is 11.9. The molecule has 5 nitrogen and oxygen atoms in total. The molecule has 0 radical (unpaired) electrons. The Morgan fingerprint density at radius 1 is 1.16 bits per heavy atom. The number of halogens is 1. The van der Waals surface area contributed by atoms with Gasteiger partial charge in [-0.15, -0.1) is 12.4 Å². The van der Waals surface area contributed by atoms with Gasteiger partial charge in [-0.1, -0.05) is 0 Å². The average Bonchev–Trinajstić information content (AvgIpc) is 2.69. The van der Waals surface area contributed by atoms with E-state index in [1.54, 1.807) is 4.90 Å². The van der Waals surface area contributed by atoms with Crippen molar-refractivity contribution in [3.05, 3.63) is 0 Å². The molecule has 0 aromatic rings. The number of carboxylic acids is 1. The van der Waals surface area contributed by atoms with E-state index in [4.69, 9.17) is 9.84 Å². The summed E-state index contributed by atoms with van der Waals surface area (Å²) in [5.41, 5.74) is -0.474. The van der Waals surface area contributed by atoms with Gasteiger partial charge in [0.05, 0.1) is 5.92 Å². The Balaban J connectivity index is 0.00000180. The highest BCUT2D eigenvalue weighted by molar-refractivity contribution is 5.85. The molecule has 0 aromatic heterocycles. The Morgan fingerprint density at radius 3 is 2.00 bits per heavy atom. The molecule has 0 spiro atoms. The molecule has 19 heavy (non-hydrogen) atoms. The first-order chi connectivity index (χ1) is 8.26. The Bertz CT molecular complexity index is 352. The van der Waals surface area contributed by atoms with Crippen LogP contribution in [0.2, 0.25) is 0 Å². The topological polar surface area (TPSA) is 66.8 Å². The molecule has 1 aliphatic carbocycles. The lowest BCUT2D eigenvalue weighted by atomic mass is 10.0. The summed E-state index contributed by atoms with van der Waals surface area (Å²) in [6.45, 7) is 6.83. The van der Waals surface area contributed by atoms with E-state index in [1.165, 1.54) is 0 Å². The molecule has 1 N–H and O–H groups in total. The van der Waals surface area contributed by atoms with E-state index >= 15 is 0 Å². The highest BCUT2D eigenvalue weighted by Gasteiger charge is 2.45. The molecule has 2 rings (SSSR count). The second-order valence-electron chi connectivity index (χ2n) is 6.41. The minimum atomic E-state index is -0.701. The number of amides is 1. The molecule has 2 atom stereocenters. The van der Waals surface area contributed by atoms with E-state index in [9.17, 15) is 9.59 Å². The first kappa shape index (κ1) is 16.1. The predicted molar refractivity (Wildman–Crippen MR) is 72.4 cm³/mol. The minimum Gasteiger partial charge on any atom is -0.481 e. The monoisotopic (exact) mass is 291 g/mol. The van der Waals surface area contributed by atoms with Crippen LogP contribution in [0.15, 0.2) is 0 Å². The van der Waals surface area contributed by atoms with Gasteiger partial charge in [0.15, 0.2) is 0 Å². The van der Waals surface area contributed by atoms with Gasteiger partial charge < -0.3 is 14.7 Å². The summed E-state index contributed by atoms with van der Waals surface area (Å²) in [6, 6.07) is 0. The number of carbonyl (C=O) groups is 2. The molecule has 1 saturated carbocycles. The fourth-order valence-corrected chi connectivity index (χ4v) is 2.98. The lowest BCUT2D eigenvalue weighted by molar-refractivity contribution is -0.141. The number of ether oxygens (including phenoxy) is 1. The second-order valence-corrected chi connectivity index (χ2v) is 6.41. The number of hydrogen-bond donors (Lipinski definition) is 1. The van der Waals surface area contributed by atoms with Gasteiger partial charge in [0.1, 0.15) is 5.60 Å². The largest absolute Gasteiger partial charge is 0.481 e. The molecule has 2 fully saturated rings. The van der Waals surface area contributed by atoms with Crippen molar-refractivity contribution >= 4 is 24.5 Å². The Hall–Kier alpha value is -0.970. The number of hydrogen-bond acceptors (Lipinski definition) is 3. The number of aliphatic carboxylic acids is 1. The highest BCUT2D eigenvalue weighted by atomic mass is 35.5. The van der Waals surface area contributed by atoms with Gasteiger partial charge >= 0.3 is 12.1 Å². The zero-order chi connectivity index (χ0) is 13.5. The zero-order valence-electron chi connectivity index (χ0n) is 11.6. The van der Waals surface area contributed by atoms with Crippen molar-refractivity contribution in [2.24, 2.45) is 17.8 Å². The van der Waals surface area contributed by atoms with Crippen LogP contribution in [0.1, 0.15) is 33.6 Å². The van der Waals surface area contributed by atoms with Crippen LogP contribution in [0.25, 0.3) is 0 Å². The fraction of sp³-hybridized carbons (Fsp3) is 0.846. The lowest BCUT2D eigenvalue weighted by Gasteiger charge is -2.25. The van der Waals surface area contributed by atoms with Crippen LogP contribution in [0, 0.1) is 17.8 Å². The Kier molecular flexibility index (Phi) is 4.72. The molecule has 0 aromatic carbocycles. The van der Waals surface area contributed by atoms with Crippen LogP contribution >= 0.6 is 12.4 Å². The lowest BCUT2D eigenvalue weighted by Crippen LogP contribution is -2.36. The summed E-state index contributed by atoms with van der Waals surface area (Å²) in [6.07, 6.45) is 1.11. The summed E-state index contributed by atoms with van der Waals surface area (Å²) >= 11 is 0. The van der Waals surface area contributed by atoms with Crippen LogP contribution in [0.3, 0.4) is 0 Å². The predicted octanol–water partition coefficient (Wildman–Crippen LogP) is 2.39. The first-order valence-electron chi connectivity index (χ1n) is 6.47. The van der Waals surface area contributed by atoms with Gasteiger partial charge in [-0.05, 0) is 45.4 Å².